The van der Waals surface area contributed by atoms with Crippen molar-refractivity contribution in [3.8, 4) is 5.75 Å². The molecule has 1 aromatic carbocycles. The van der Waals surface area contributed by atoms with Crippen LogP contribution in [0.1, 0.15) is 18.9 Å². The van der Waals surface area contributed by atoms with Gasteiger partial charge in [0.2, 0.25) is 5.91 Å². The zero-order valence-electron chi connectivity index (χ0n) is 9.69. The summed E-state index contributed by atoms with van der Waals surface area (Å²) in [5.74, 6) is 0.640. The third-order valence-corrected chi connectivity index (χ3v) is 2.42. The summed E-state index contributed by atoms with van der Waals surface area (Å²) in [6.07, 6.45) is 0.637. The van der Waals surface area contributed by atoms with Gasteiger partial charge in [0.1, 0.15) is 5.75 Å². The zero-order chi connectivity index (χ0) is 12.0. The summed E-state index contributed by atoms with van der Waals surface area (Å²) in [7, 11) is 1.61. The van der Waals surface area contributed by atoms with Crippen molar-refractivity contribution in [3.05, 3.63) is 29.8 Å². The van der Waals surface area contributed by atoms with Gasteiger partial charge in [-0.2, -0.15) is 0 Å². The van der Waals surface area contributed by atoms with Crippen LogP contribution in [0.4, 0.5) is 0 Å². The first-order valence-electron chi connectivity index (χ1n) is 5.34. The summed E-state index contributed by atoms with van der Waals surface area (Å²) in [6, 6.07) is 7.14. The van der Waals surface area contributed by atoms with Gasteiger partial charge in [-0.05, 0) is 12.5 Å². The van der Waals surface area contributed by atoms with E-state index in [1.807, 2.05) is 31.2 Å². The van der Waals surface area contributed by atoms with Crippen molar-refractivity contribution in [2.75, 3.05) is 7.11 Å². The molecule has 1 amide bonds. The lowest BCUT2D eigenvalue weighted by Crippen LogP contribution is -2.39. The van der Waals surface area contributed by atoms with Gasteiger partial charge < -0.3 is 15.8 Å². The maximum absolute atomic E-state index is 11.5. The molecule has 0 spiro atoms. The van der Waals surface area contributed by atoms with E-state index in [9.17, 15) is 4.79 Å². The fourth-order valence-corrected chi connectivity index (χ4v) is 1.35. The van der Waals surface area contributed by atoms with E-state index in [1.165, 1.54) is 0 Å². The number of hydrogen-bond acceptors (Lipinski definition) is 3. The fourth-order valence-electron chi connectivity index (χ4n) is 1.35. The molecule has 0 fully saturated rings. The van der Waals surface area contributed by atoms with E-state index >= 15 is 0 Å². The molecule has 1 rings (SSSR count). The number of rotatable bonds is 5. The van der Waals surface area contributed by atoms with Crippen molar-refractivity contribution in [1.82, 2.24) is 5.32 Å². The average Bonchev–Trinajstić information content (AvgIpc) is 2.35. The Kier molecular flexibility index (Phi) is 4.79. The molecule has 0 aliphatic carbocycles. The SMILES string of the molecule is CC[C@H](N)C(=O)NCc1ccccc1OC. The lowest BCUT2D eigenvalue weighted by Gasteiger charge is -2.12. The largest absolute Gasteiger partial charge is 0.496 e. The molecule has 0 aliphatic heterocycles. The van der Waals surface area contributed by atoms with E-state index in [1.54, 1.807) is 7.11 Å². The van der Waals surface area contributed by atoms with E-state index in [0.29, 0.717) is 13.0 Å². The summed E-state index contributed by atoms with van der Waals surface area (Å²) >= 11 is 0. The highest BCUT2D eigenvalue weighted by atomic mass is 16.5. The van der Waals surface area contributed by atoms with Crippen LogP contribution in [0.2, 0.25) is 0 Å². The number of carbonyl (C=O) groups is 1. The third kappa shape index (κ3) is 3.24. The minimum atomic E-state index is -0.435. The predicted octanol–water partition coefficient (Wildman–Crippen LogP) is 1.05. The number of nitrogens with one attached hydrogen (secondary N) is 1. The van der Waals surface area contributed by atoms with Crippen LogP contribution >= 0.6 is 0 Å². The molecule has 0 unspecified atom stereocenters. The molecule has 1 aromatic rings. The van der Waals surface area contributed by atoms with Gasteiger partial charge >= 0.3 is 0 Å². The molecule has 4 heteroatoms. The second-order valence-corrected chi connectivity index (χ2v) is 3.54. The van der Waals surface area contributed by atoms with Crippen LogP contribution < -0.4 is 15.8 Å². The van der Waals surface area contributed by atoms with Crippen LogP contribution in [-0.2, 0) is 11.3 Å². The normalized spacial score (nSPS) is 11.9. The highest BCUT2D eigenvalue weighted by Gasteiger charge is 2.10. The van der Waals surface area contributed by atoms with Crippen molar-refractivity contribution in [1.29, 1.82) is 0 Å². The molecule has 16 heavy (non-hydrogen) atoms. The number of para-hydroxylation sites is 1. The summed E-state index contributed by atoms with van der Waals surface area (Å²) < 4.78 is 5.18. The molecule has 0 saturated heterocycles. The summed E-state index contributed by atoms with van der Waals surface area (Å²) in [5.41, 5.74) is 6.55. The number of hydrogen-bond donors (Lipinski definition) is 2. The van der Waals surface area contributed by atoms with Crippen molar-refractivity contribution >= 4 is 5.91 Å². The maximum atomic E-state index is 11.5. The predicted molar refractivity (Wildman–Crippen MR) is 63.1 cm³/mol. The molecule has 0 saturated carbocycles. The highest BCUT2D eigenvalue weighted by Crippen LogP contribution is 2.16. The third-order valence-electron chi connectivity index (χ3n) is 2.42. The Bertz CT molecular complexity index is 353. The Morgan fingerprint density at radius 2 is 2.19 bits per heavy atom. The second-order valence-electron chi connectivity index (χ2n) is 3.54. The molecule has 0 heterocycles. The molecule has 3 N–H and O–H groups in total. The van der Waals surface area contributed by atoms with Crippen molar-refractivity contribution in [3.63, 3.8) is 0 Å². The molecular weight excluding hydrogens is 204 g/mol. The lowest BCUT2D eigenvalue weighted by atomic mass is 10.2. The van der Waals surface area contributed by atoms with Gasteiger partial charge in [0, 0.05) is 12.1 Å². The van der Waals surface area contributed by atoms with E-state index in [2.05, 4.69) is 5.32 Å². The second kappa shape index (κ2) is 6.12. The summed E-state index contributed by atoms with van der Waals surface area (Å²) in [4.78, 5) is 11.5. The van der Waals surface area contributed by atoms with Crippen molar-refractivity contribution in [2.45, 2.75) is 25.9 Å². The first-order chi connectivity index (χ1) is 7.69. The fraction of sp³-hybridized carbons (Fsp3) is 0.417. The van der Waals surface area contributed by atoms with Crippen LogP contribution in [0, 0.1) is 0 Å². The highest BCUT2D eigenvalue weighted by molar-refractivity contribution is 5.81. The van der Waals surface area contributed by atoms with Gasteiger partial charge in [0.05, 0.1) is 13.2 Å². The summed E-state index contributed by atoms with van der Waals surface area (Å²) in [6.45, 7) is 2.32. The number of carbonyl (C=O) groups excluding carboxylic acids is 1. The Balaban J connectivity index is 2.57. The zero-order valence-corrected chi connectivity index (χ0v) is 9.69. The van der Waals surface area contributed by atoms with Gasteiger partial charge in [-0.1, -0.05) is 25.1 Å². The number of methoxy groups -OCH3 is 1. The van der Waals surface area contributed by atoms with Crippen molar-refractivity contribution < 1.29 is 9.53 Å². The monoisotopic (exact) mass is 222 g/mol. The quantitative estimate of drug-likeness (QED) is 0.782. The Labute approximate surface area is 95.8 Å². The Morgan fingerprint density at radius 1 is 1.50 bits per heavy atom. The first kappa shape index (κ1) is 12.5. The topological polar surface area (TPSA) is 64.4 Å². The number of benzene rings is 1. The smallest absolute Gasteiger partial charge is 0.237 e. The average molecular weight is 222 g/mol. The molecule has 88 valence electrons. The molecule has 4 nitrogen and oxygen atoms in total. The van der Waals surface area contributed by atoms with E-state index in [-0.39, 0.29) is 5.91 Å². The minimum Gasteiger partial charge on any atom is -0.496 e. The maximum Gasteiger partial charge on any atom is 0.237 e. The van der Waals surface area contributed by atoms with Crippen molar-refractivity contribution in [2.24, 2.45) is 5.73 Å². The van der Waals surface area contributed by atoms with Gasteiger partial charge in [0.25, 0.3) is 0 Å². The van der Waals surface area contributed by atoms with Gasteiger partial charge in [0.15, 0.2) is 0 Å². The van der Waals surface area contributed by atoms with Crippen LogP contribution in [0.5, 0.6) is 5.75 Å². The Hall–Kier alpha value is -1.55. The molecule has 0 bridgehead atoms. The first-order valence-corrected chi connectivity index (χ1v) is 5.34. The lowest BCUT2D eigenvalue weighted by molar-refractivity contribution is -0.122. The number of nitrogens with two attached hydrogens (primary N) is 1. The molecule has 0 aliphatic rings. The molecule has 0 aromatic heterocycles. The van der Waals surface area contributed by atoms with Crippen LogP contribution in [-0.4, -0.2) is 19.1 Å². The molecule has 1 atom stereocenters. The van der Waals surface area contributed by atoms with E-state index < -0.39 is 6.04 Å². The number of amides is 1. The molecule has 0 radical (unpaired) electrons. The number of ether oxygens (including phenoxy) is 1. The van der Waals surface area contributed by atoms with E-state index in [0.717, 1.165) is 11.3 Å². The van der Waals surface area contributed by atoms with Gasteiger partial charge in [-0.15, -0.1) is 0 Å². The van der Waals surface area contributed by atoms with E-state index in [4.69, 9.17) is 10.5 Å². The van der Waals surface area contributed by atoms with Crippen LogP contribution in [0.3, 0.4) is 0 Å². The minimum absolute atomic E-state index is 0.131. The summed E-state index contributed by atoms with van der Waals surface area (Å²) in [5, 5.41) is 2.78. The van der Waals surface area contributed by atoms with Crippen LogP contribution in [0.25, 0.3) is 0 Å². The Morgan fingerprint density at radius 3 is 2.81 bits per heavy atom. The van der Waals surface area contributed by atoms with Gasteiger partial charge in [-0.25, -0.2) is 0 Å². The molecular formula is C12H18N2O2. The van der Waals surface area contributed by atoms with Crippen LogP contribution in [0.15, 0.2) is 24.3 Å². The standard InChI is InChI=1S/C12H18N2O2/c1-3-10(13)12(15)14-8-9-6-4-5-7-11(9)16-2/h4-7,10H,3,8,13H2,1-2H3,(H,14,15)/t10-/m0/s1. The van der Waals surface area contributed by atoms with Gasteiger partial charge in [-0.3, -0.25) is 4.79 Å².